The molecule has 2 rings (SSSR count). The van der Waals surface area contributed by atoms with Gasteiger partial charge in [-0.05, 0) is 67.8 Å². The highest BCUT2D eigenvalue weighted by atomic mass is 16.6. The smallest absolute Gasteiger partial charge is 0.343 e. The highest BCUT2D eigenvalue weighted by molar-refractivity contribution is 5.91. The molecular formula is C24H32O7. The molecule has 7 heteroatoms. The van der Waals surface area contributed by atoms with Crippen molar-refractivity contribution in [3.63, 3.8) is 0 Å². The molecule has 7 nitrogen and oxygen atoms in total. The molecule has 0 aromatic heterocycles. The predicted octanol–water partition coefficient (Wildman–Crippen LogP) is 4.06. The van der Waals surface area contributed by atoms with Gasteiger partial charge in [0, 0.05) is 27.4 Å². The number of benzene rings is 2. The highest BCUT2D eigenvalue weighted by Crippen LogP contribution is 2.24. The SMILES string of the molecule is COCCCCOCC(COc1ccc(C(=O)Oc2ccc(OC)cc2C)cc1)OC. The molecular weight excluding hydrogens is 400 g/mol. The zero-order valence-corrected chi connectivity index (χ0v) is 18.7. The van der Waals surface area contributed by atoms with Gasteiger partial charge in [0.15, 0.2) is 0 Å². The molecule has 31 heavy (non-hydrogen) atoms. The van der Waals surface area contributed by atoms with Gasteiger partial charge in [-0.1, -0.05) is 0 Å². The van der Waals surface area contributed by atoms with Crippen molar-refractivity contribution in [2.75, 3.05) is 47.8 Å². The van der Waals surface area contributed by atoms with Crippen LogP contribution in [0.15, 0.2) is 42.5 Å². The minimum absolute atomic E-state index is 0.176. The van der Waals surface area contributed by atoms with Crippen molar-refractivity contribution >= 4 is 5.97 Å². The maximum Gasteiger partial charge on any atom is 0.343 e. The Morgan fingerprint density at radius 3 is 2.26 bits per heavy atom. The lowest BCUT2D eigenvalue weighted by atomic mass is 10.2. The number of esters is 1. The summed E-state index contributed by atoms with van der Waals surface area (Å²) >= 11 is 0. The summed E-state index contributed by atoms with van der Waals surface area (Å²) in [6.07, 6.45) is 1.74. The summed E-state index contributed by atoms with van der Waals surface area (Å²) in [6.45, 7) is 4.06. The molecule has 2 aromatic carbocycles. The number of ether oxygens (including phenoxy) is 6. The molecule has 2 aromatic rings. The van der Waals surface area contributed by atoms with Gasteiger partial charge in [0.2, 0.25) is 0 Å². The first-order chi connectivity index (χ1) is 15.1. The number of aryl methyl sites for hydroxylation is 1. The molecule has 0 radical (unpaired) electrons. The van der Waals surface area contributed by atoms with E-state index in [-0.39, 0.29) is 6.10 Å². The van der Waals surface area contributed by atoms with Crippen molar-refractivity contribution in [3.05, 3.63) is 53.6 Å². The second kappa shape index (κ2) is 13.6. The van der Waals surface area contributed by atoms with Crippen LogP contribution in [0.4, 0.5) is 0 Å². The Bertz CT molecular complexity index is 789. The Morgan fingerprint density at radius 2 is 1.61 bits per heavy atom. The Balaban J connectivity index is 1.79. The zero-order valence-electron chi connectivity index (χ0n) is 18.7. The van der Waals surface area contributed by atoms with Gasteiger partial charge in [-0.25, -0.2) is 4.79 Å². The van der Waals surface area contributed by atoms with Gasteiger partial charge < -0.3 is 28.4 Å². The average Bonchev–Trinajstić information content (AvgIpc) is 2.79. The molecule has 170 valence electrons. The molecule has 0 amide bonds. The summed E-state index contributed by atoms with van der Waals surface area (Å²) < 4.78 is 32.4. The lowest BCUT2D eigenvalue weighted by Gasteiger charge is -2.16. The summed E-state index contributed by atoms with van der Waals surface area (Å²) in [5.41, 5.74) is 1.25. The monoisotopic (exact) mass is 432 g/mol. The Kier molecular flexibility index (Phi) is 10.9. The van der Waals surface area contributed by atoms with E-state index in [1.165, 1.54) is 0 Å². The van der Waals surface area contributed by atoms with Gasteiger partial charge in [0.05, 0.1) is 19.3 Å². The van der Waals surface area contributed by atoms with Gasteiger partial charge in [-0.2, -0.15) is 0 Å². The van der Waals surface area contributed by atoms with E-state index >= 15 is 0 Å². The summed E-state index contributed by atoms with van der Waals surface area (Å²) in [7, 11) is 4.91. The first-order valence-corrected chi connectivity index (χ1v) is 10.3. The maximum absolute atomic E-state index is 12.4. The first-order valence-electron chi connectivity index (χ1n) is 10.3. The standard InChI is InChI=1S/C24H32O7/c1-18-15-21(27-3)11-12-23(18)31-24(25)19-7-9-20(10-8-19)30-17-22(28-4)16-29-14-6-5-13-26-2/h7-12,15,22H,5-6,13-14,16-17H2,1-4H3. The average molecular weight is 433 g/mol. The van der Waals surface area contributed by atoms with Crippen LogP contribution in [-0.4, -0.2) is 59.8 Å². The van der Waals surface area contributed by atoms with E-state index in [0.29, 0.717) is 42.6 Å². The number of hydrogen-bond donors (Lipinski definition) is 0. The summed E-state index contributed by atoms with van der Waals surface area (Å²) in [5, 5.41) is 0. The molecule has 0 saturated heterocycles. The molecule has 0 spiro atoms. The lowest BCUT2D eigenvalue weighted by Crippen LogP contribution is -2.26. The van der Waals surface area contributed by atoms with Gasteiger partial charge in [0.25, 0.3) is 0 Å². The van der Waals surface area contributed by atoms with E-state index < -0.39 is 5.97 Å². The van der Waals surface area contributed by atoms with Gasteiger partial charge in [-0.15, -0.1) is 0 Å². The van der Waals surface area contributed by atoms with Crippen LogP contribution in [0.2, 0.25) is 0 Å². The summed E-state index contributed by atoms with van der Waals surface area (Å²) in [6, 6.07) is 12.1. The van der Waals surface area contributed by atoms with Crippen LogP contribution in [0, 0.1) is 6.92 Å². The van der Waals surface area contributed by atoms with E-state index in [1.54, 1.807) is 57.7 Å². The predicted molar refractivity (Wildman–Crippen MR) is 117 cm³/mol. The highest BCUT2D eigenvalue weighted by Gasteiger charge is 2.12. The van der Waals surface area contributed by atoms with Crippen molar-refractivity contribution in [2.24, 2.45) is 0 Å². The Morgan fingerprint density at radius 1 is 0.903 bits per heavy atom. The molecule has 1 atom stereocenters. The topological polar surface area (TPSA) is 72.5 Å². The number of methoxy groups -OCH3 is 3. The Labute approximate surface area is 184 Å². The van der Waals surface area contributed by atoms with Gasteiger partial charge in [0.1, 0.15) is 30.0 Å². The van der Waals surface area contributed by atoms with Crippen LogP contribution in [0.1, 0.15) is 28.8 Å². The van der Waals surface area contributed by atoms with Gasteiger partial charge in [-0.3, -0.25) is 0 Å². The van der Waals surface area contributed by atoms with Crippen LogP contribution in [0.3, 0.4) is 0 Å². The summed E-state index contributed by atoms with van der Waals surface area (Å²) in [4.78, 5) is 12.4. The van der Waals surface area contributed by atoms with Crippen molar-refractivity contribution in [1.82, 2.24) is 0 Å². The van der Waals surface area contributed by atoms with Crippen LogP contribution in [-0.2, 0) is 14.2 Å². The van der Waals surface area contributed by atoms with Crippen LogP contribution in [0.25, 0.3) is 0 Å². The van der Waals surface area contributed by atoms with E-state index in [2.05, 4.69) is 0 Å². The number of carbonyl (C=O) groups is 1. The number of carbonyl (C=O) groups excluding carboxylic acids is 1. The summed E-state index contributed by atoms with van der Waals surface area (Å²) in [5.74, 6) is 1.41. The van der Waals surface area contributed by atoms with E-state index in [1.807, 2.05) is 13.0 Å². The van der Waals surface area contributed by atoms with Crippen LogP contribution >= 0.6 is 0 Å². The van der Waals surface area contributed by atoms with Crippen LogP contribution in [0.5, 0.6) is 17.2 Å². The molecule has 0 aliphatic rings. The fraction of sp³-hybridized carbons (Fsp3) is 0.458. The third-order valence-corrected chi connectivity index (χ3v) is 4.63. The van der Waals surface area contributed by atoms with E-state index in [0.717, 1.165) is 25.0 Å². The molecule has 0 bridgehead atoms. The normalized spacial score (nSPS) is 11.7. The van der Waals surface area contributed by atoms with Gasteiger partial charge >= 0.3 is 5.97 Å². The lowest BCUT2D eigenvalue weighted by molar-refractivity contribution is -0.0158. The molecule has 0 aliphatic carbocycles. The number of unbranched alkanes of at least 4 members (excludes halogenated alkanes) is 1. The molecule has 0 saturated carbocycles. The van der Waals surface area contributed by atoms with Crippen molar-refractivity contribution in [2.45, 2.75) is 25.9 Å². The molecule has 0 heterocycles. The minimum Gasteiger partial charge on any atom is -0.497 e. The third-order valence-electron chi connectivity index (χ3n) is 4.63. The molecule has 0 fully saturated rings. The number of hydrogen-bond acceptors (Lipinski definition) is 7. The minimum atomic E-state index is -0.434. The fourth-order valence-corrected chi connectivity index (χ4v) is 2.75. The first kappa shape index (κ1) is 24.7. The third kappa shape index (κ3) is 8.57. The van der Waals surface area contributed by atoms with Crippen molar-refractivity contribution in [3.8, 4) is 17.2 Å². The quantitative estimate of drug-likeness (QED) is 0.253. The Hall–Kier alpha value is -2.61. The van der Waals surface area contributed by atoms with Crippen molar-refractivity contribution in [1.29, 1.82) is 0 Å². The molecule has 0 N–H and O–H groups in total. The van der Waals surface area contributed by atoms with E-state index in [4.69, 9.17) is 28.4 Å². The maximum atomic E-state index is 12.4. The second-order valence-electron chi connectivity index (χ2n) is 6.99. The molecule has 1 unspecified atom stereocenters. The number of rotatable bonds is 14. The largest absolute Gasteiger partial charge is 0.497 e. The molecule has 0 aliphatic heterocycles. The van der Waals surface area contributed by atoms with Crippen molar-refractivity contribution < 1.29 is 33.2 Å². The van der Waals surface area contributed by atoms with Crippen LogP contribution < -0.4 is 14.2 Å². The second-order valence-corrected chi connectivity index (χ2v) is 6.99. The van der Waals surface area contributed by atoms with E-state index in [9.17, 15) is 4.79 Å². The zero-order chi connectivity index (χ0) is 22.5. The fourth-order valence-electron chi connectivity index (χ4n) is 2.75.